The number of hydrogen-bond donors (Lipinski definition) is 1. The summed E-state index contributed by atoms with van der Waals surface area (Å²) in [4.78, 5) is 27.0. The van der Waals surface area contributed by atoms with Gasteiger partial charge in [-0.05, 0) is 48.1 Å². The van der Waals surface area contributed by atoms with E-state index in [9.17, 15) is 9.59 Å². The van der Waals surface area contributed by atoms with Crippen molar-refractivity contribution in [3.05, 3.63) is 40.1 Å². The van der Waals surface area contributed by atoms with Crippen molar-refractivity contribution in [2.45, 2.75) is 26.2 Å². The Bertz CT molecular complexity index is 769. The first-order valence-electron chi connectivity index (χ1n) is 8.00. The van der Waals surface area contributed by atoms with E-state index in [-0.39, 0.29) is 11.8 Å². The molecule has 126 valence electrons. The fourth-order valence-corrected chi connectivity index (χ4v) is 3.77. The summed E-state index contributed by atoms with van der Waals surface area (Å²) in [6.07, 6.45) is 2.21. The van der Waals surface area contributed by atoms with Crippen molar-refractivity contribution < 1.29 is 14.3 Å². The van der Waals surface area contributed by atoms with Gasteiger partial charge in [-0.3, -0.25) is 9.59 Å². The standard InChI is InChI=1S/C18H20N2O3S/c1-3-12-8-10-24-17(12)18(22)19-13-6-7-15(23-2)14(11-13)20-9-4-5-16(20)21/h6-8,10-11H,3-5,9H2,1-2H3,(H,19,22). The van der Waals surface area contributed by atoms with Crippen LogP contribution in [0.15, 0.2) is 29.6 Å². The van der Waals surface area contributed by atoms with Crippen LogP contribution in [0.5, 0.6) is 5.75 Å². The van der Waals surface area contributed by atoms with Crippen LogP contribution in [-0.2, 0) is 11.2 Å². The highest BCUT2D eigenvalue weighted by molar-refractivity contribution is 7.12. The number of ether oxygens (including phenoxy) is 1. The highest BCUT2D eigenvalue weighted by Gasteiger charge is 2.25. The predicted octanol–water partition coefficient (Wildman–Crippen LogP) is 3.70. The van der Waals surface area contributed by atoms with E-state index < -0.39 is 0 Å². The van der Waals surface area contributed by atoms with Gasteiger partial charge in [0.1, 0.15) is 5.75 Å². The van der Waals surface area contributed by atoms with Crippen molar-refractivity contribution in [1.82, 2.24) is 0 Å². The molecule has 0 atom stereocenters. The van der Waals surface area contributed by atoms with Crippen LogP contribution in [-0.4, -0.2) is 25.5 Å². The maximum Gasteiger partial charge on any atom is 0.266 e. The Morgan fingerprint density at radius 1 is 1.38 bits per heavy atom. The smallest absolute Gasteiger partial charge is 0.266 e. The van der Waals surface area contributed by atoms with E-state index >= 15 is 0 Å². The predicted molar refractivity (Wildman–Crippen MR) is 96.2 cm³/mol. The molecule has 1 aliphatic heterocycles. The Kier molecular flexibility index (Phi) is 4.85. The number of benzene rings is 1. The van der Waals surface area contributed by atoms with Crippen LogP contribution < -0.4 is 15.0 Å². The van der Waals surface area contributed by atoms with Gasteiger partial charge in [0, 0.05) is 18.7 Å². The molecule has 1 saturated heterocycles. The number of amides is 2. The molecule has 2 aromatic rings. The van der Waals surface area contributed by atoms with Crippen molar-refractivity contribution >= 4 is 34.5 Å². The number of carbonyl (C=O) groups excluding carboxylic acids is 2. The Hall–Kier alpha value is -2.34. The zero-order valence-corrected chi connectivity index (χ0v) is 14.6. The number of thiophene rings is 1. The maximum atomic E-state index is 12.5. The number of anilines is 2. The minimum atomic E-state index is -0.120. The summed E-state index contributed by atoms with van der Waals surface area (Å²) in [5.41, 5.74) is 2.41. The van der Waals surface area contributed by atoms with Gasteiger partial charge in [-0.25, -0.2) is 0 Å². The average Bonchev–Trinajstić information content (AvgIpc) is 3.23. The molecule has 1 aliphatic rings. The van der Waals surface area contributed by atoms with Gasteiger partial charge in [0.2, 0.25) is 5.91 Å². The molecule has 0 bridgehead atoms. The normalized spacial score (nSPS) is 14.1. The van der Waals surface area contributed by atoms with Gasteiger partial charge in [-0.1, -0.05) is 6.92 Å². The van der Waals surface area contributed by atoms with E-state index in [0.717, 1.165) is 23.3 Å². The number of nitrogens with zero attached hydrogens (tertiary/aromatic N) is 1. The maximum absolute atomic E-state index is 12.5. The van der Waals surface area contributed by atoms with Gasteiger partial charge >= 0.3 is 0 Å². The van der Waals surface area contributed by atoms with E-state index in [4.69, 9.17) is 4.74 Å². The van der Waals surface area contributed by atoms with Crippen LogP contribution in [0.25, 0.3) is 0 Å². The monoisotopic (exact) mass is 344 g/mol. The second-order valence-corrected chi connectivity index (χ2v) is 6.53. The lowest BCUT2D eigenvalue weighted by Crippen LogP contribution is -2.24. The van der Waals surface area contributed by atoms with E-state index in [0.29, 0.717) is 30.1 Å². The topological polar surface area (TPSA) is 58.6 Å². The molecule has 1 fully saturated rings. The molecule has 3 rings (SSSR count). The van der Waals surface area contributed by atoms with E-state index in [1.807, 2.05) is 18.4 Å². The molecule has 0 saturated carbocycles. The second-order valence-electron chi connectivity index (χ2n) is 5.62. The molecule has 0 radical (unpaired) electrons. The lowest BCUT2D eigenvalue weighted by Gasteiger charge is -2.20. The number of methoxy groups -OCH3 is 1. The third kappa shape index (κ3) is 3.14. The number of hydrogen-bond acceptors (Lipinski definition) is 4. The number of nitrogens with one attached hydrogen (secondary N) is 1. The lowest BCUT2D eigenvalue weighted by atomic mass is 10.2. The van der Waals surface area contributed by atoms with Gasteiger partial charge in [0.25, 0.3) is 5.91 Å². The second kappa shape index (κ2) is 7.05. The average molecular weight is 344 g/mol. The molecule has 0 aliphatic carbocycles. The first-order chi connectivity index (χ1) is 11.6. The van der Waals surface area contributed by atoms with Crippen molar-refractivity contribution in [3.63, 3.8) is 0 Å². The molecule has 2 amide bonds. The van der Waals surface area contributed by atoms with Crippen LogP contribution in [0, 0.1) is 0 Å². The first kappa shape index (κ1) is 16.5. The summed E-state index contributed by atoms with van der Waals surface area (Å²) in [6, 6.07) is 7.35. The largest absolute Gasteiger partial charge is 0.495 e. The van der Waals surface area contributed by atoms with Crippen molar-refractivity contribution in [1.29, 1.82) is 0 Å². The molecule has 5 nitrogen and oxygen atoms in total. The minimum absolute atomic E-state index is 0.0864. The number of aryl methyl sites for hydroxylation is 1. The van der Waals surface area contributed by atoms with Gasteiger partial charge in [0.15, 0.2) is 0 Å². The number of rotatable bonds is 5. The van der Waals surface area contributed by atoms with E-state index in [1.54, 1.807) is 30.2 Å². The Labute approximate surface area is 145 Å². The van der Waals surface area contributed by atoms with Crippen LogP contribution in [0.1, 0.15) is 35.0 Å². The lowest BCUT2D eigenvalue weighted by molar-refractivity contribution is -0.117. The molecule has 0 unspecified atom stereocenters. The quantitative estimate of drug-likeness (QED) is 0.900. The summed E-state index contributed by atoms with van der Waals surface area (Å²) >= 11 is 1.44. The van der Waals surface area contributed by atoms with E-state index in [1.165, 1.54) is 11.3 Å². The summed E-state index contributed by atoms with van der Waals surface area (Å²) in [6.45, 7) is 2.71. The SMILES string of the molecule is CCc1ccsc1C(=O)Nc1ccc(OC)c(N2CCCC2=O)c1. The Morgan fingerprint density at radius 3 is 2.88 bits per heavy atom. The summed E-state index contributed by atoms with van der Waals surface area (Å²) in [5.74, 6) is 0.600. The summed E-state index contributed by atoms with van der Waals surface area (Å²) < 4.78 is 5.37. The molecular weight excluding hydrogens is 324 g/mol. The van der Waals surface area contributed by atoms with Crippen LogP contribution >= 0.6 is 11.3 Å². The van der Waals surface area contributed by atoms with Crippen molar-refractivity contribution in [2.75, 3.05) is 23.9 Å². The fraction of sp³-hybridized carbons (Fsp3) is 0.333. The molecule has 1 N–H and O–H groups in total. The van der Waals surface area contributed by atoms with Gasteiger partial charge in [0.05, 0.1) is 17.7 Å². The van der Waals surface area contributed by atoms with Gasteiger partial charge < -0.3 is 15.0 Å². The zero-order valence-electron chi connectivity index (χ0n) is 13.8. The van der Waals surface area contributed by atoms with Crippen molar-refractivity contribution in [3.8, 4) is 5.75 Å². The Morgan fingerprint density at radius 2 is 2.21 bits per heavy atom. The summed E-state index contributed by atoms with van der Waals surface area (Å²) in [7, 11) is 1.58. The van der Waals surface area contributed by atoms with Crippen LogP contribution in [0.3, 0.4) is 0 Å². The van der Waals surface area contributed by atoms with Gasteiger partial charge in [-0.2, -0.15) is 0 Å². The fourth-order valence-electron chi connectivity index (χ4n) is 2.88. The van der Waals surface area contributed by atoms with Gasteiger partial charge in [-0.15, -0.1) is 11.3 Å². The van der Waals surface area contributed by atoms with Crippen LogP contribution in [0.2, 0.25) is 0 Å². The van der Waals surface area contributed by atoms with Crippen LogP contribution in [0.4, 0.5) is 11.4 Å². The summed E-state index contributed by atoms with van der Waals surface area (Å²) in [5, 5.41) is 4.85. The molecule has 0 spiro atoms. The molecule has 1 aromatic carbocycles. The molecule has 6 heteroatoms. The molecule has 2 heterocycles. The highest BCUT2D eigenvalue weighted by atomic mass is 32.1. The molecule has 1 aromatic heterocycles. The molecular formula is C18H20N2O3S. The third-order valence-electron chi connectivity index (χ3n) is 4.13. The highest BCUT2D eigenvalue weighted by Crippen LogP contribution is 2.34. The van der Waals surface area contributed by atoms with E-state index in [2.05, 4.69) is 5.32 Å². The van der Waals surface area contributed by atoms with Crippen molar-refractivity contribution in [2.24, 2.45) is 0 Å². The number of carbonyl (C=O) groups is 2. The first-order valence-corrected chi connectivity index (χ1v) is 8.88. The zero-order chi connectivity index (χ0) is 17.1. The molecule has 24 heavy (non-hydrogen) atoms. The minimum Gasteiger partial charge on any atom is -0.495 e. The Balaban J connectivity index is 1.86. The third-order valence-corrected chi connectivity index (χ3v) is 5.09.